The minimum absolute atomic E-state index is 0.523. The van der Waals surface area contributed by atoms with E-state index in [1.54, 1.807) is 4.68 Å². The third kappa shape index (κ3) is 2.77. The van der Waals surface area contributed by atoms with Crippen LogP contribution in [-0.2, 0) is 7.05 Å². The summed E-state index contributed by atoms with van der Waals surface area (Å²) < 4.78 is 7.14. The molecule has 0 radical (unpaired) electrons. The molecule has 6 heteroatoms. The Morgan fingerprint density at radius 3 is 2.72 bits per heavy atom. The van der Waals surface area contributed by atoms with Crippen LogP contribution in [0.15, 0.2) is 12.3 Å². The molecule has 0 saturated heterocycles. The third-order valence-corrected chi connectivity index (χ3v) is 2.38. The third-order valence-electron chi connectivity index (χ3n) is 2.38. The van der Waals surface area contributed by atoms with Crippen molar-refractivity contribution in [3.05, 3.63) is 23.7 Å². The molecular formula is C12H17N5O. The Morgan fingerprint density at radius 1 is 1.33 bits per heavy atom. The van der Waals surface area contributed by atoms with Crippen molar-refractivity contribution in [3.63, 3.8) is 0 Å². The maximum absolute atomic E-state index is 5.39. The van der Waals surface area contributed by atoms with Crippen molar-refractivity contribution in [2.45, 2.75) is 20.8 Å². The van der Waals surface area contributed by atoms with Crippen LogP contribution in [0.3, 0.4) is 0 Å². The molecule has 18 heavy (non-hydrogen) atoms. The first-order chi connectivity index (χ1) is 8.58. The second-order valence-corrected chi connectivity index (χ2v) is 4.03. The first kappa shape index (κ1) is 12.3. The fourth-order valence-corrected chi connectivity index (χ4v) is 1.66. The smallest absolute Gasteiger partial charge is 0.230 e. The maximum Gasteiger partial charge on any atom is 0.230 e. The van der Waals surface area contributed by atoms with Gasteiger partial charge in [-0.05, 0) is 20.8 Å². The minimum Gasteiger partial charge on any atom is -0.478 e. The van der Waals surface area contributed by atoms with Crippen LogP contribution in [0.2, 0.25) is 0 Å². The lowest BCUT2D eigenvalue weighted by Crippen LogP contribution is -2.02. The molecule has 0 fully saturated rings. The molecule has 96 valence electrons. The van der Waals surface area contributed by atoms with Crippen LogP contribution in [0.25, 0.3) is 0 Å². The van der Waals surface area contributed by atoms with Gasteiger partial charge in [-0.25, -0.2) is 4.98 Å². The predicted octanol–water partition coefficient (Wildman–Crippen LogP) is 1.97. The molecule has 6 nitrogen and oxygen atoms in total. The van der Waals surface area contributed by atoms with Gasteiger partial charge in [0.1, 0.15) is 0 Å². The van der Waals surface area contributed by atoms with Gasteiger partial charge in [-0.15, -0.1) is 0 Å². The number of aryl methyl sites for hydroxylation is 3. The van der Waals surface area contributed by atoms with Crippen LogP contribution in [0, 0.1) is 13.8 Å². The van der Waals surface area contributed by atoms with E-state index in [-0.39, 0.29) is 0 Å². The highest BCUT2D eigenvalue weighted by Crippen LogP contribution is 2.18. The number of aromatic nitrogens is 4. The quantitative estimate of drug-likeness (QED) is 0.894. The lowest BCUT2D eigenvalue weighted by Gasteiger charge is -2.07. The van der Waals surface area contributed by atoms with Gasteiger partial charge >= 0.3 is 0 Å². The number of nitrogens with zero attached hydrogens (tertiary/aromatic N) is 4. The van der Waals surface area contributed by atoms with Crippen LogP contribution < -0.4 is 10.1 Å². The van der Waals surface area contributed by atoms with E-state index in [2.05, 4.69) is 20.4 Å². The van der Waals surface area contributed by atoms with E-state index < -0.39 is 0 Å². The fourth-order valence-electron chi connectivity index (χ4n) is 1.66. The van der Waals surface area contributed by atoms with Gasteiger partial charge < -0.3 is 10.1 Å². The zero-order chi connectivity index (χ0) is 13.1. The Hall–Kier alpha value is -2.11. The Morgan fingerprint density at radius 2 is 2.11 bits per heavy atom. The van der Waals surface area contributed by atoms with Crippen molar-refractivity contribution in [1.82, 2.24) is 19.7 Å². The Labute approximate surface area is 106 Å². The van der Waals surface area contributed by atoms with E-state index in [0.717, 1.165) is 17.1 Å². The molecule has 2 aromatic heterocycles. The summed E-state index contributed by atoms with van der Waals surface area (Å²) in [5.41, 5.74) is 2.66. The van der Waals surface area contributed by atoms with Crippen molar-refractivity contribution < 1.29 is 4.74 Å². The summed E-state index contributed by atoms with van der Waals surface area (Å²) in [4.78, 5) is 8.61. The van der Waals surface area contributed by atoms with Crippen molar-refractivity contribution in [1.29, 1.82) is 0 Å². The summed E-state index contributed by atoms with van der Waals surface area (Å²) in [5.74, 6) is 1.10. The molecule has 0 atom stereocenters. The number of anilines is 2. The van der Waals surface area contributed by atoms with Crippen molar-refractivity contribution in [2.24, 2.45) is 7.05 Å². The summed E-state index contributed by atoms with van der Waals surface area (Å²) in [7, 11) is 1.88. The van der Waals surface area contributed by atoms with Crippen molar-refractivity contribution in [3.8, 4) is 5.88 Å². The molecule has 0 spiro atoms. The normalized spacial score (nSPS) is 10.4. The highest BCUT2D eigenvalue weighted by molar-refractivity contribution is 5.55. The molecular weight excluding hydrogens is 230 g/mol. The van der Waals surface area contributed by atoms with E-state index in [1.165, 1.54) is 0 Å². The molecule has 2 heterocycles. The summed E-state index contributed by atoms with van der Waals surface area (Å²) in [6.45, 7) is 6.35. The van der Waals surface area contributed by atoms with Gasteiger partial charge in [-0.3, -0.25) is 4.68 Å². The number of hydrogen-bond donors (Lipinski definition) is 1. The van der Waals surface area contributed by atoms with E-state index in [9.17, 15) is 0 Å². The highest BCUT2D eigenvalue weighted by Gasteiger charge is 2.07. The lowest BCUT2D eigenvalue weighted by molar-refractivity contribution is 0.326. The first-order valence-corrected chi connectivity index (χ1v) is 5.84. The molecule has 0 bridgehead atoms. The minimum atomic E-state index is 0.523. The summed E-state index contributed by atoms with van der Waals surface area (Å²) >= 11 is 0. The monoisotopic (exact) mass is 247 g/mol. The Balaban J connectivity index is 2.25. The molecule has 0 aliphatic carbocycles. The van der Waals surface area contributed by atoms with Crippen LogP contribution in [0.5, 0.6) is 5.88 Å². The zero-order valence-corrected chi connectivity index (χ0v) is 11.1. The largest absolute Gasteiger partial charge is 0.478 e. The van der Waals surface area contributed by atoms with E-state index in [1.807, 2.05) is 40.1 Å². The number of ether oxygens (including phenoxy) is 1. The maximum atomic E-state index is 5.39. The standard InChI is InChI=1S/C12H17N5O/c1-5-18-11-6-8(2)13-12(15-11)14-10-7-17(4)16-9(10)3/h6-7H,5H2,1-4H3,(H,13,14,15). The number of rotatable bonds is 4. The van der Waals surface area contributed by atoms with Crippen molar-refractivity contribution >= 4 is 11.6 Å². The van der Waals surface area contributed by atoms with Gasteiger partial charge in [0.2, 0.25) is 11.8 Å². The topological polar surface area (TPSA) is 64.9 Å². The Kier molecular flexibility index (Phi) is 3.45. The summed E-state index contributed by atoms with van der Waals surface area (Å²) in [6.07, 6.45) is 1.89. The van der Waals surface area contributed by atoms with Crippen LogP contribution in [0.4, 0.5) is 11.6 Å². The predicted molar refractivity (Wildman–Crippen MR) is 69.2 cm³/mol. The van der Waals surface area contributed by atoms with Gasteiger partial charge in [0, 0.05) is 25.0 Å². The average molecular weight is 247 g/mol. The molecule has 2 rings (SSSR count). The lowest BCUT2D eigenvalue weighted by atomic mass is 10.4. The molecule has 0 unspecified atom stereocenters. The highest BCUT2D eigenvalue weighted by atomic mass is 16.5. The zero-order valence-electron chi connectivity index (χ0n) is 11.1. The van der Waals surface area contributed by atoms with Gasteiger partial charge in [0.05, 0.1) is 18.0 Å². The van der Waals surface area contributed by atoms with Crippen LogP contribution >= 0.6 is 0 Å². The molecule has 1 N–H and O–H groups in total. The molecule has 0 aliphatic heterocycles. The first-order valence-electron chi connectivity index (χ1n) is 5.84. The van der Waals surface area contributed by atoms with Crippen LogP contribution in [0.1, 0.15) is 18.3 Å². The van der Waals surface area contributed by atoms with Gasteiger partial charge in [-0.2, -0.15) is 10.1 Å². The average Bonchev–Trinajstić information content (AvgIpc) is 2.57. The van der Waals surface area contributed by atoms with Crippen LogP contribution in [-0.4, -0.2) is 26.4 Å². The second kappa shape index (κ2) is 5.03. The summed E-state index contributed by atoms with van der Waals surface area (Å²) in [5, 5.41) is 7.40. The van der Waals surface area contributed by atoms with Gasteiger partial charge in [-0.1, -0.05) is 0 Å². The van der Waals surface area contributed by atoms with Gasteiger partial charge in [0.15, 0.2) is 0 Å². The molecule has 0 saturated carbocycles. The molecule has 0 aromatic carbocycles. The SMILES string of the molecule is CCOc1cc(C)nc(Nc2cn(C)nc2C)n1. The fraction of sp³-hybridized carbons (Fsp3) is 0.417. The van der Waals surface area contributed by atoms with E-state index >= 15 is 0 Å². The number of nitrogens with one attached hydrogen (secondary N) is 1. The number of hydrogen-bond acceptors (Lipinski definition) is 5. The van der Waals surface area contributed by atoms with Crippen molar-refractivity contribution in [2.75, 3.05) is 11.9 Å². The summed E-state index contributed by atoms with van der Waals surface area (Å²) in [6, 6.07) is 1.81. The molecule has 0 aliphatic rings. The molecule has 2 aromatic rings. The Bertz CT molecular complexity index is 549. The van der Waals surface area contributed by atoms with Gasteiger partial charge in [0.25, 0.3) is 0 Å². The van der Waals surface area contributed by atoms with E-state index in [0.29, 0.717) is 18.4 Å². The second-order valence-electron chi connectivity index (χ2n) is 4.03. The molecule has 0 amide bonds. The van der Waals surface area contributed by atoms with E-state index in [4.69, 9.17) is 4.74 Å².